The second-order valence-electron chi connectivity index (χ2n) is 17.1. The number of carbonyl (C=O) groups is 3. The fourth-order valence-corrected chi connectivity index (χ4v) is 11.0. The summed E-state index contributed by atoms with van der Waals surface area (Å²) in [5.41, 5.74) is 9.86. The van der Waals surface area contributed by atoms with E-state index in [1.165, 1.54) is 10.4 Å². The zero-order valence-corrected chi connectivity index (χ0v) is 39.1. The van der Waals surface area contributed by atoms with Crippen molar-refractivity contribution in [2.24, 2.45) is 0 Å². The van der Waals surface area contributed by atoms with Crippen LogP contribution in [0.1, 0.15) is 129 Å². The Morgan fingerprint density at radius 3 is 1.73 bits per heavy atom. The molecule has 322 valence electrons. The maximum atomic E-state index is 13.1. The maximum absolute atomic E-state index is 13.1. The SMILES string of the molecule is CCC1CC(=O)CC(CC)N1C(=O)OC(C)(C)C.CCC1Cc2c(sc(N)c2-c2nc3ccccc3s2)C(CC)N1C(=O)OC(C)(C)C.N#CCc1nc2ccccc2s1. The Morgan fingerprint density at radius 2 is 1.25 bits per heavy atom. The molecule has 2 aliphatic heterocycles. The molecule has 7 rings (SSSR count). The highest BCUT2D eigenvalue weighted by Crippen LogP contribution is 2.50. The van der Waals surface area contributed by atoms with Crippen LogP contribution in [-0.2, 0) is 27.1 Å². The summed E-state index contributed by atoms with van der Waals surface area (Å²) in [4.78, 5) is 51.1. The molecular formula is C46H60N6O5S3. The molecular weight excluding hydrogens is 813 g/mol. The number of thiophene rings is 1. The Bertz CT molecular complexity index is 2230. The summed E-state index contributed by atoms with van der Waals surface area (Å²) in [6.07, 6.45) is 4.88. The highest BCUT2D eigenvalue weighted by Gasteiger charge is 2.42. The number of hydrogen-bond donors (Lipinski definition) is 1. The van der Waals surface area contributed by atoms with E-state index >= 15 is 0 Å². The van der Waals surface area contributed by atoms with E-state index < -0.39 is 11.2 Å². The largest absolute Gasteiger partial charge is 0.444 e. The third-order valence-electron chi connectivity index (χ3n) is 10.3. The summed E-state index contributed by atoms with van der Waals surface area (Å²) >= 11 is 4.87. The maximum Gasteiger partial charge on any atom is 0.411 e. The van der Waals surface area contributed by atoms with Gasteiger partial charge >= 0.3 is 12.2 Å². The number of para-hydroxylation sites is 2. The number of aromatic nitrogens is 2. The predicted octanol–water partition coefficient (Wildman–Crippen LogP) is 12.1. The molecule has 0 bridgehead atoms. The van der Waals surface area contributed by atoms with Gasteiger partial charge in [-0.1, -0.05) is 52.0 Å². The second kappa shape index (κ2) is 19.9. The van der Waals surface area contributed by atoms with Crippen LogP contribution in [0.15, 0.2) is 48.5 Å². The third-order valence-corrected chi connectivity index (χ3v) is 13.6. The van der Waals surface area contributed by atoms with Crippen molar-refractivity contribution in [3.8, 4) is 16.6 Å². The van der Waals surface area contributed by atoms with Gasteiger partial charge in [-0.2, -0.15) is 5.26 Å². The standard InChI is InChI=1S/C23H29N3O2S2.C14H25NO3.C9H6N2S/c1-6-13-12-14-18(21-25-15-10-8-9-11-17(15)29-21)20(24)30-19(14)16(7-2)26(13)22(27)28-23(3,4)5;1-6-10-8-12(16)9-11(7-2)15(10)13(17)18-14(3,4)5;10-6-5-9-11-7-3-1-2-4-8(7)12-9/h8-11,13,16H,6-7,12,24H2,1-5H3;10-11H,6-9H2,1-5H3;1-4H,5H2. The molecule has 0 saturated carbocycles. The molecule has 14 heteroatoms. The van der Waals surface area contributed by atoms with Crippen LogP contribution in [0.5, 0.6) is 0 Å². The monoisotopic (exact) mass is 872 g/mol. The van der Waals surface area contributed by atoms with Crippen molar-refractivity contribution in [1.29, 1.82) is 5.26 Å². The fraction of sp³-hybridized carbons (Fsp3) is 0.522. The molecule has 0 radical (unpaired) electrons. The van der Waals surface area contributed by atoms with Crippen LogP contribution in [0.3, 0.4) is 0 Å². The van der Waals surface area contributed by atoms with E-state index in [-0.39, 0.29) is 42.1 Å². The van der Waals surface area contributed by atoms with Crippen molar-refractivity contribution >= 4 is 77.4 Å². The number of benzene rings is 2. The number of rotatable bonds is 6. The number of likely N-dealkylation sites (tertiary alicyclic amines) is 1. The number of nitriles is 1. The van der Waals surface area contributed by atoms with Gasteiger partial charge in [-0.15, -0.1) is 34.0 Å². The molecule has 2 aliphatic rings. The number of ether oxygens (including phenoxy) is 2. The average Bonchev–Trinajstić information content (AvgIpc) is 3.89. The van der Waals surface area contributed by atoms with Crippen LogP contribution in [-0.4, -0.2) is 67.1 Å². The molecule has 3 aromatic heterocycles. The lowest BCUT2D eigenvalue weighted by Crippen LogP contribution is -2.53. The van der Waals surface area contributed by atoms with Crippen LogP contribution in [0.25, 0.3) is 31.0 Å². The lowest BCUT2D eigenvalue weighted by atomic mass is 9.90. The molecule has 4 unspecified atom stereocenters. The molecule has 5 aromatic rings. The van der Waals surface area contributed by atoms with Gasteiger partial charge in [0.25, 0.3) is 0 Å². The molecule has 0 aliphatic carbocycles. The van der Waals surface area contributed by atoms with Gasteiger partial charge in [0.2, 0.25) is 0 Å². The first-order chi connectivity index (χ1) is 28.4. The van der Waals surface area contributed by atoms with Gasteiger partial charge < -0.3 is 20.1 Å². The zero-order chi connectivity index (χ0) is 43.9. The van der Waals surface area contributed by atoms with Crippen LogP contribution >= 0.6 is 34.0 Å². The summed E-state index contributed by atoms with van der Waals surface area (Å²) < 4.78 is 13.5. The lowest BCUT2D eigenvalue weighted by molar-refractivity contribution is -0.125. The van der Waals surface area contributed by atoms with E-state index in [0.29, 0.717) is 19.3 Å². The van der Waals surface area contributed by atoms with E-state index in [0.717, 1.165) is 73.1 Å². The highest BCUT2D eigenvalue weighted by molar-refractivity contribution is 7.22. The first-order valence-electron chi connectivity index (χ1n) is 20.9. The number of nitrogens with two attached hydrogens (primary N) is 1. The number of thiazole rings is 2. The van der Waals surface area contributed by atoms with E-state index in [9.17, 15) is 14.4 Å². The zero-order valence-electron chi connectivity index (χ0n) is 36.7. The Balaban J connectivity index is 0.000000192. The van der Waals surface area contributed by atoms with Gasteiger partial charge in [-0.25, -0.2) is 19.6 Å². The van der Waals surface area contributed by atoms with Gasteiger partial charge in [-0.05, 0) is 103 Å². The van der Waals surface area contributed by atoms with Crippen molar-refractivity contribution < 1.29 is 23.9 Å². The summed E-state index contributed by atoms with van der Waals surface area (Å²) in [5.74, 6) is 0.258. The fourth-order valence-electron chi connectivity index (χ4n) is 7.68. The highest BCUT2D eigenvalue weighted by atomic mass is 32.1. The number of piperidine rings is 1. The van der Waals surface area contributed by atoms with Crippen molar-refractivity contribution in [1.82, 2.24) is 19.8 Å². The molecule has 1 fully saturated rings. The summed E-state index contributed by atoms with van der Waals surface area (Å²) in [5, 5.41) is 11.1. The Kier molecular flexibility index (Phi) is 15.4. The summed E-state index contributed by atoms with van der Waals surface area (Å²) in [6.45, 7) is 19.6. The number of fused-ring (bicyclic) bond motifs is 3. The summed E-state index contributed by atoms with van der Waals surface area (Å²) in [6, 6.07) is 18.2. The number of hydrogen-bond acceptors (Lipinski definition) is 12. The normalized spacial score (nSPS) is 19.1. The number of carbonyl (C=O) groups excluding carboxylic acids is 3. The van der Waals surface area contributed by atoms with Crippen molar-refractivity contribution in [3.63, 3.8) is 0 Å². The number of ketones is 1. The van der Waals surface area contributed by atoms with Crippen LogP contribution in [0, 0.1) is 11.3 Å². The van der Waals surface area contributed by atoms with E-state index in [1.54, 1.807) is 38.9 Å². The molecule has 2 amide bonds. The number of amides is 2. The lowest BCUT2D eigenvalue weighted by Gasteiger charge is -2.42. The first-order valence-corrected chi connectivity index (χ1v) is 23.4. The van der Waals surface area contributed by atoms with Gasteiger partial charge in [-0.3, -0.25) is 9.69 Å². The van der Waals surface area contributed by atoms with Crippen LogP contribution in [0.2, 0.25) is 0 Å². The molecule has 11 nitrogen and oxygen atoms in total. The molecule has 5 heterocycles. The van der Waals surface area contributed by atoms with Gasteiger partial charge in [0, 0.05) is 41.4 Å². The minimum Gasteiger partial charge on any atom is -0.444 e. The topological polar surface area (TPSA) is 152 Å². The van der Waals surface area contributed by atoms with E-state index in [4.69, 9.17) is 25.5 Å². The Labute approximate surface area is 366 Å². The number of anilines is 1. The van der Waals surface area contributed by atoms with E-state index in [1.807, 2.05) is 103 Å². The second-order valence-corrected chi connectivity index (χ2v) is 20.3. The minimum atomic E-state index is -0.519. The van der Waals surface area contributed by atoms with Gasteiger partial charge in [0.05, 0.1) is 44.0 Å². The van der Waals surface area contributed by atoms with Crippen LogP contribution in [0.4, 0.5) is 14.6 Å². The molecule has 60 heavy (non-hydrogen) atoms. The molecule has 2 aromatic carbocycles. The van der Waals surface area contributed by atoms with Crippen molar-refractivity contribution in [2.45, 2.75) is 156 Å². The third kappa shape index (κ3) is 11.2. The van der Waals surface area contributed by atoms with Gasteiger partial charge in [0.1, 0.15) is 27.0 Å². The molecule has 2 N–H and O–H groups in total. The smallest absolute Gasteiger partial charge is 0.411 e. The number of nitrogen functional groups attached to an aromatic ring is 1. The molecule has 1 saturated heterocycles. The molecule has 0 spiro atoms. The number of nitrogens with zero attached hydrogens (tertiary/aromatic N) is 5. The van der Waals surface area contributed by atoms with Crippen molar-refractivity contribution in [3.05, 3.63) is 64.0 Å². The summed E-state index contributed by atoms with van der Waals surface area (Å²) in [7, 11) is 0. The number of Topliss-reactive ketones (excluding diaryl/α,β-unsaturated/α-hetero) is 1. The average molecular weight is 873 g/mol. The molecule has 4 atom stereocenters. The van der Waals surface area contributed by atoms with Crippen LogP contribution < -0.4 is 5.73 Å². The Hall–Kier alpha value is -4.58. The Morgan fingerprint density at radius 1 is 0.750 bits per heavy atom. The quantitative estimate of drug-likeness (QED) is 0.176. The van der Waals surface area contributed by atoms with Gasteiger partial charge in [0.15, 0.2) is 0 Å². The first kappa shape index (κ1) is 46.5. The minimum absolute atomic E-state index is 0.00829. The van der Waals surface area contributed by atoms with E-state index in [2.05, 4.69) is 31.0 Å². The predicted molar refractivity (Wildman–Crippen MR) is 246 cm³/mol. The van der Waals surface area contributed by atoms with Crippen molar-refractivity contribution in [2.75, 3.05) is 5.73 Å².